The van der Waals surface area contributed by atoms with Crippen molar-refractivity contribution in [1.29, 1.82) is 0 Å². The molecule has 0 aliphatic carbocycles. The second kappa shape index (κ2) is 8.65. The summed E-state index contributed by atoms with van der Waals surface area (Å²) in [6.45, 7) is 0.266. The summed E-state index contributed by atoms with van der Waals surface area (Å²) >= 11 is 1.50. The molecule has 1 fully saturated rings. The number of para-hydroxylation sites is 1. The van der Waals surface area contributed by atoms with Gasteiger partial charge in [-0.2, -0.15) is 0 Å². The second-order valence-corrected chi connectivity index (χ2v) is 8.01. The van der Waals surface area contributed by atoms with Crippen molar-refractivity contribution in [3.63, 3.8) is 0 Å². The molecule has 7 heteroatoms. The van der Waals surface area contributed by atoms with E-state index in [4.69, 9.17) is 9.47 Å². The predicted octanol–water partition coefficient (Wildman–Crippen LogP) is 4.39. The number of nitrogens with zero attached hydrogens (tertiary/aromatic N) is 1. The van der Waals surface area contributed by atoms with E-state index in [2.05, 4.69) is 0 Å². The first-order valence-corrected chi connectivity index (χ1v) is 10.5. The molecule has 3 aromatic rings. The number of ketones is 1. The molecule has 4 rings (SSSR count). The lowest BCUT2D eigenvalue weighted by Gasteiger charge is -2.25. The number of methoxy groups -OCH3 is 2. The van der Waals surface area contributed by atoms with Crippen LogP contribution in [0, 0.1) is 0 Å². The van der Waals surface area contributed by atoms with E-state index in [9.17, 15) is 14.7 Å². The van der Waals surface area contributed by atoms with Crippen molar-refractivity contribution in [3.05, 3.63) is 87.6 Å². The van der Waals surface area contributed by atoms with Gasteiger partial charge in [0.25, 0.3) is 11.7 Å². The van der Waals surface area contributed by atoms with Gasteiger partial charge in [-0.1, -0.05) is 30.3 Å². The fourth-order valence-electron chi connectivity index (χ4n) is 3.73. The van der Waals surface area contributed by atoms with Gasteiger partial charge >= 0.3 is 0 Å². The largest absolute Gasteiger partial charge is 0.507 e. The molecule has 1 amide bonds. The molecule has 1 N–H and O–H groups in total. The summed E-state index contributed by atoms with van der Waals surface area (Å²) in [4.78, 5) is 28.6. The van der Waals surface area contributed by atoms with Gasteiger partial charge in [0.05, 0.1) is 37.9 Å². The van der Waals surface area contributed by atoms with Crippen molar-refractivity contribution in [2.75, 3.05) is 14.2 Å². The smallest absolute Gasteiger partial charge is 0.295 e. The van der Waals surface area contributed by atoms with E-state index in [1.165, 1.54) is 23.3 Å². The summed E-state index contributed by atoms with van der Waals surface area (Å²) in [5, 5.41) is 13.1. The van der Waals surface area contributed by atoms with Crippen molar-refractivity contribution in [3.8, 4) is 11.5 Å². The molecular formula is C24H21NO5S. The number of aliphatic hydroxyl groups is 1. The maximum atomic E-state index is 13.1. The molecule has 1 atom stereocenters. The zero-order valence-electron chi connectivity index (χ0n) is 17.1. The number of thiophene rings is 1. The lowest BCUT2D eigenvalue weighted by atomic mass is 9.95. The zero-order valence-corrected chi connectivity index (χ0v) is 17.9. The van der Waals surface area contributed by atoms with Crippen LogP contribution in [0.2, 0.25) is 0 Å². The highest BCUT2D eigenvalue weighted by molar-refractivity contribution is 7.09. The fourth-order valence-corrected chi connectivity index (χ4v) is 4.43. The number of benzene rings is 2. The highest BCUT2D eigenvalue weighted by atomic mass is 32.1. The third-order valence-electron chi connectivity index (χ3n) is 5.24. The molecule has 2 heterocycles. The van der Waals surface area contributed by atoms with Gasteiger partial charge < -0.3 is 19.5 Å². The molecule has 1 aromatic heterocycles. The van der Waals surface area contributed by atoms with Crippen molar-refractivity contribution in [1.82, 2.24) is 4.90 Å². The monoisotopic (exact) mass is 435 g/mol. The fraction of sp³-hybridized carbons (Fsp3) is 0.167. The Morgan fingerprint density at radius 2 is 1.74 bits per heavy atom. The van der Waals surface area contributed by atoms with Crippen LogP contribution in [0.5, 0.6) is 11.5 Å². The number of carbonyl (C=O) groups is 2. The van der Waals surface area contributed by atoms with Crippen LogP contribution in [0.25, 0.3) is 5.76 Å². The summed E-state index contributed by atoms with van der Waals surface area (Å²) in [5.41, 5.74) is 1.10. The molecule has 158 valence electrons. The number of amides is 1. The average Bonchev–Trinajstić information content (AvgIpc) is 3.41. The van der Waals surface area contributed by atoms with Crippen molar-refractivity contribution < 1.29 is 24.2 Å². The first kappa shape index (κ1) is 20.7. The Balaban J connectivity index is 1.88. The molecule has 1 unspecified atom stereocenters. The van der Waals surface area contributed by atoms with E-state index >= 15 is 0 Å². The molecule has 0 bridgehead atoms. The Bertz CT molecular complexity index is 1140. The first-order chi connectivity index (χ1) is 15.0. The van der Waals surface area contributed by atoms with Gasteiger partial charge in [0.15, 0.2) is 0 Å². The number of aliphatic hydroxyl groups excluding tert-OH is 1. The quantitative estimate of drug-likeness (QED) is 0.353. The second-order valence-electron chi connectivity index (χ2n) is 6.98. The molecule has 0 radical (unpaired) electrons. The first-order valence-electron chi connectivity index (χ1n) is 9.63. The minimum Gasteiger partial charge on any atom is -0.507 e. The summed E-state index contributed by atoms with van der Waals surface area (Å²) in [7, 11) is 3.06. The zero-order chi connectivity index (χ0) is 22.0. The average molecular weight is 436 g/mol. The number of carbonyl (C=O) groups excluding carboxylic acids is 2. The van der Waals surface area contributed by atoms with E-state index in [0.29, 0.717) is 22.6 Å². The Hall–Kier alpha value is -3.58. The molecule has 0 spiro atoms. The lowest BCUT2D eigenvalue weighted by molar-refractivity contribution is -0.140. The lowest BCUT2D eigenvalue weighted by Crippen LogP contribution is -2.28. The van der Waals surface area contributed by atoms with Crippen LogP contribution in [0.4, 0.5) is 0 Å². The van der Waals surface area contributed by atoms with Gasteiger partial charge in [0, 0.05) is 4.88 Å². The molecular weight excluding hydrogens is 414 g/mol. The van der Waals surface area contributed by atoms with Crippen molar-refractivity contribution in [2.24, 2.45) is 0 Å². The van der Waals surface area contributed by atoms with Gasteiger partial charge in [0.2, 0.25) is 0 Å². The molecule has 31 heavy (non-hydrogen) atoms. The third-order valence-corrected chi connectivity index (χ3v) is 6.10. The van der Waals surface area contributed by atoms with Gasteiger partial charge in [-0.25, -0.2) is 0 Å². The van der Waals surface area contributed by atoms with Gasteiger partial charge in [-0.05, 0) is 41.3 Å². The maximum absolute atomic E-state index is 13.1. The number of ether oxygens (including phenoxy) is 2. The number of likely N-dealkylation sites (tertiary alicyclic amines) is 1. The van der Waals surface area contributed by atoms with Crippen LogP contribution in [0.3, 0.4) is 0 Å². The van der Waals surface area contributed by atoms with Crippen LogP contribution in [-0.4, -0.2) is 35.9 Å². The Morgan fingerprint density at radius 1 is 1.00 bits per heavy atom. The number of Topliss-reactive ketones (excluding diaryl/α,β-unsaturated/α-hetero) is 1. The molecule has 1 aliphatic rings. The van der Waals surface area contributed by atoms with Crippen LogP contribution in [0.15, 0.2) is 71.6 Å². The van der Waals surface area contributed by atoms with Gasteiger partial charge in [0.1, 0.15) is 17.3 Å². The Morgan fingerprint density at radius 3 is 2.39 bits per heavy atom. The Labute approximate surface area is 184 Å². The normalized spacial score (nSPS) is 17.7. The molecule has 1 saturated heterocycles. The van der Waals surface area contributed by atoms with Crippen LogP contribution >= 0.6 is 11.3 Å². The summed E-state index contributed by atoms with van der Waals surface area (Å²) < 4.78 is 10.6. The van der Waals surface area contributed by atoms with E-state index in [-0.39, 0.29) is 17.9 Å². The van der Waals surface area contributed by atoms with Crippen LogP contribution < -0.4 is 9.47 Å². The third kappa shape index (κ3) is 3.80. The summed E-state index contributed by atoms with van der Waals surface area (Å²) in [5.74, 6) is -0.557. The highest BCUT2D eigenvalue weighted by Gasteiger charge is 2.46. The number of hydrogen-bond donors (Lipinski definition) is 1. The predicted molar refractivity (Wildman–Crippen MR) is 118 cm³/mol. The maximum Gasteiger partial charge on any atom is 0.295 e. The van der Waals surface area contributed by atoms with E-state index in [1.807, 2.05) is 17.5 Å². The minimum absolute atomic E-state index is 0.0382. The van der Waals surface area contributed by atoms with Crippen molar-refractivity contribution in [2.45, 2.75) is 12.6 Å². The van der Waals surface area contributed by atoms with Crippen molar-refractivity contribution >= 4 is 28.8 Å². The van der Waals surface area contributed by atoms with E-state index < -0.39 is 17.7 Å². The standard InChI is InChI=1S/C24H21NO5S/c1-29-16-11-9-15(10-12-16)21-20(22(26)18-7-3-4-8-19(18)30-2)23(27)24(28)25(21)14-17-6-5-13-31-17/h3-13,21,26H,14H2,1-2H3/b22-20-. The molecule has 6 nitrogen and oxygen atoms in total. The van der Waals surface area contributed by atoms with Crippen LogP contribution in [0.1, 0.15) is 22.0 Å². The SMILES string of the molecule is COc1ccc(C2/C(=C(/O)c3ccccc3OC)C(=O)C(=O)N2Cc2cccs2)cc1. The summed E-state index contributed by atoms with van der Waals surface area (Å²) in [6.07, 6.45) is 0. The minimum atomic E-state index is -0.738. The van der Waals surface area contributed by atoms with E-state index in [1.54, 1.807) is 55.6 Å². The Kier molecular flexibility index (Phi) is 5.77. The van der Waals surface area contributed by atoms with Crippen LogP contribution in [-0.2, 0) is 16.1 Å². The molecule has 1 aliphatic heterocycles. The van der Waals surface area contributed by atoms with Gasteiger partial charge in [-0.3, -0.25) is 9.59 Å². The highest BCUT2D eigenvalue weighted by Crippen LogP contribution is 2.42. The van der Waals surface area contributed by atoms with Gasteiger partial charge in [-0.15, -0.1) is 11.3 Å². The molecule has 2 aromatic carbocycles. The summed E-state index contributed by atoms with van der Waals surface area (Å²) in [6, 6.07) is 17.1. The molecule has 0 saturated carbocycles. The number of rotatable bonds is 6. The topological polar surface area (TPSA) is 76.1 Å². The van der Waals surface area contributed by atoms with E-state index in [0.717, 1.165) is 4.88 Å². The number of hydrogen-bond acceptors (Lipinski definition) is 6.